The number of nitrogens with zero attached hydrogens (tertiary/aromatic N) is 2. The molecule has 154 valence electrons. The fourth-order valence-corrected chi connectivity index (χ4v) is 6.42. The summed E-state index contributed by atoms with van der Waals surface area (Å²) in [5, 5.41) is 6.31. The molecule has 0 saturated heterocycles. The van der Waals surface area contributed by atoms with Gasteiger partial charge in [0.2, 0.25) is 0 Å². The minimum atomic E-state index is 1.05. The summed E-state index contributed by atoms with van der Waals surface area (Å²) in [5.41, 5.74) is 6.85. The monoisotopic (exact) mass is 439 g/mol. The van der Waals surface area contributed by atoms with E-state index in [1.165, 1.54) is 47.4 Å². The zero-order valence-corrected chi connectivity index (χ0v) is 18.4. The van der Waals surface area contributed by atoms with Gasteiger partial charge in [0.05, 0.1) is 16.6 Å². The van der Waals surface area contributed by atoms with Gasteiger partial charge in [0.25, 0.3) is 0 Å². The first-order valence-electron chi connectivity index (χ1n) is 11.1. The lowest BCUT2D eigenvalue weighted by atomic mass is 10.1. The molecule has 0 spiro atoms. The normalized spacial score (nSPS) is 12.2. The number of H-pyrrole nitrogens is 1. The molecule has 33 heavy (non-hydrogen) atoms. The van der Waals surface area contributed by atoms with Crippen LogP contribution in [0.5, 0.6) is 0 Å². The van der Waals surface area contributed by atoms with E-state index in [9.17, 15) is 0 Å². The highest BCUT2D eigenvalue weighted by Gasteiger charge is 2.17. The first-order valence-corrected chi connectivity index (χ1v) is 11.9. The van der Waals surface area contributed by atoms with Crippen LogP contribution in [-0.4, -0.2) is 14.5 Å². The fraction of sp³-hybridized carbons (Fsp3) is 0. The van der Waals surface area contributed by atoms with Gasteiger partial charge in [-0.2, -0.15) is 0 Å². The lowest BCUT2D eigenvalue weighted by Crippen LogP contribution is -1.93. The molecule has 4 aromatic heterocycles. The van der Waals surface area contributed by atoms with Crippen LogP contribution in [0.3, 0.4) is 0 Å². The number of hydrogen-bond donors (Lipinski definition) is 1. The maximum absolute atomic E-state index is 4.81. The Hall–Kier alpha value is -4.15. The molecule has 0 radical (unpaired) electrons. The molecule has 8 rings (SSSR count). The highest BCUT2D eigenvalue weighted by Crippen LogP contribution is 2.40. The van der Waals surface area contributed by atoms with E-state index in [4.69, 9.17) is 4.98 Å². The van der Waals surface area contributed by atoms with Crippen molar-refractivity contribution in [1.29, 1.82) is 0 Å². The minimum absolute atomic E-state index is 1.05. The molecule has 0 atom stereocenters. The summed E-state index contributed by atoms with van der Waals surface area (Å²) < 4.78 is 4.99. The summed E-state index contributed by atoms with van der Waals surface area (Å²) >= 11 is 1.86. The minimum Gasteiger partial charge on any atom is -0.355 e. The van der Waals surface area contributed by atoms with Crippen molar-refractivity contribution in [3.8, 4) is 5.69 Å². The number of para-hydroxylation sites is 1. The zero-order chi connectivity index (χ0) is 21.5. The molecule has 0 bridgehead atoms. The van der Waals surface area contributed by atoms with Crippen LogP contribution in [0, 0.1) is 0 Å². The summed E-state index contributed by atoms with van der Waals surface area (Å²) in [6, 6.07) is 32.7. The van der Waals surface area contributed by atoms with Crippen LogP contribution in [0.4, 0.5) is 0 Å². The summed E-state index contributed by atoms with van der Waals surface area (Å²) in [5.74, 6) is 0. The first-order chi connectivity index (χ1) is 16.3. The van der Waals surface area contributed by atoms with E-state index in [0.717, 1.165) is 22.2 Å². The van der Waals surface area contributed by atoms with Gasteiger partial charge in [-0.15, -0.1) is 11.3 Å². The van der Waals surface area contributed by atoms with Gasteiger partial charge in [0.15, 0.2) is 0 Å². The van der Waals surface area contributed by atoms with Crippen LogP contribution >= 0.6 is 11.3 Å². The zero-order valence-electron chi connectivity index (χ0n) is 17.5. The smallest absolute Gasteiger partial charge is 0.0963 e. The van der Waals surface area contributed by atoms with Gasteiger partial charge in [-0.1, -0.05) is 36.4 Å². The standard InChI is InChI=1S/C29H17N3S/c1-3-8-23-18(6-1)20-14-17(11-12-24(20)31-23)32-25-9-5-13-30-29(25)22-15-21-19-7-2-4-10-27(19)33-28(21)16-26(22)32/h1-16,31H. The maximum atomic E-state index is 4.81. The average Bonchev–Trinajstić information content (AvgIpc) is 3.51. The van der Waals surface area contributed by atoms with Crippen molar-refractivity contribution >= 4 is 75.3 Å². The third-order valence-corrected chi connectivity index (χ3v) is 7.90. The Morgan fingerprint density at radius 1 is 0.606 bits per heavy atom. The Balaban J connectivity index is 1.52. The Morgan fingerprint density at radius 3 is 2.42 bits per heavy atom. The molecular weight excluding hydrogens is 422 g/mol. The van der Waals surface area contributed by atoms with E-state index in [-0.39, 0.29) is 0 Å². The second-order valence-corrected chi connectivity index (χ2v) is 9.65. The molecule has 0 aliphatic rings. The van der Waals surface area contributed by atoms with Crippen LogP contribution in [0.15, 0.2) is 97.2 Å². The highest BCUT2D eigenvalue weighted by atomic mass is 32.1. The Labute approximate surface area is 192 Å². The van der Waals surface area contributed by atoms with E-state index in [1.807, 2.05) is 23.6 Å². The predicted octanol–water partition coefficient (Wildman–Crippen LogP) is 8.18. The van der Waals surface area contributed by atoms with Crippen LogP contribution in [0.25, 0.3) is 69.6 Å². The molecule has 0 fully saturated rings. The Morgan fingerprint density at radius 2 is 1.45 bits per heavy atom. The number of aromatic amines is 1. The van der Waals surface area contributed by atoms with Gasteiger partial charge in [0.1, 0.15) is 0 Å². The number of fused-ring (bicyclic) bond motifs is 9. The topological polar surface area (TPSA) is 33.6 Å². The van der Waals surface area contributed by atoms with E-state index >= 15 is 0 Å². The number of thiophene rings is 1. The summed E-state index contributed by atoms with van der Waals surface area (Å²) in [4.78, 5) is 8.35. The fourth-order valence-electron chi connectivity index (χ4n) is 5.30. The molecule has 4 heteroatoms. The van der Waals surface area contributed by atoms with Crippen molar-refractivity contribution in [1.82, 2.24) is 14.5 Å². The molecule has 0 unspecified atom stereocenters. The molecule has 0 amide bonds. The van der Waals surface area contributed by atoms with Crippen molar-refractivity contribution in [3.05, 3.63) is 97.2 Å². The van der Waals surface area contributed by atoms with Crippen LogP contribution in [0.1, 0.15) is 0 Å². The molecule has 0 aliphatic carbocycles. The van der Waals surface area contributed by atoms with Gasteiger partial charge >= 0.3 is 0 Å². The number of hydrogen-bond acceptors (Lipinski definition) is 2. The number of rotatable bonds is 1. The van der Waals surface area contributed by atoms with Gasteiger partial charge in [-0.25, -0.2) is 0 Å². The van der Waals surface area contributed by atoms with E-state index in [0.29, 0.717) is 0 Å². The molecule has 0 saturated carbocycles. The van der Waals surface area contributed by atoms with Crippen molar-refractivity contribution in [2.24, 2.45) is 0 Å². The first kappa shape index (κ1) is 17.4. The summed E-state index contributed by atoms with van der Waals surface area (Å²) in [7, 11) is 0. The van der Waals surface area contributed by atoms with E-state index in [1.54, 1.807) is 0 Å². The summed E-state index contributed by atoms with van der Waals surface area (Å²) in [6.07, 6.45) is 1.89. The predicted molar refractivity (Wildman–Crippen MR) is 141 cm³/mol. The second kappa shape index (κ2) is 6.21. The average molecular weight is 440 g/mol. The Bertz CT molecular complexity index is 2040. The second-order valence-electron chi connectivity index (χ2n) is 8.57. The van der Waals surface area contributed by atoms with Crippen LogP contribution < -0.4 is 0 Å². The SMILES string of the molecule is c1ccc2c(c1)[nH]c1ccc(-n3c4cc5sc6ccccc6c5cc4c4ncccc43)cc12. The van der Waals surface area contributed by atoms with Gasteiger partial charge in [-0.3, -0.25) is 4.98 Å². The van der Waals surface area contributed by atoms with Gasteiger partial charge in [0, 0.05) is 59.2 Å². The third-order valence-electron chi connectivity index (χ3n) is 6.77. The molecule has 8 aromatic rings. The van der Waals surface area contributed by atoms with Crippen LogP contribution in [0.2, 0.25) is 0 Å². The largest absolute Gasteiger partial charge is 0.355 e. The molecule has 1 N–H and O–H groups in total. The molecule has 0 aliphatic heterocycles. The molecule has 4 aromatic carbocycles. The van der Waals surface area contributed by atoms with E-state index in [2.05, 4.69) is 94.5 Å². The third kappa shape index (κ3) is 2.31. The van der Waals surface area contributed by atoms with Crippen LogP contribution in [-0.2, 0) is 0 Å². The van der Waals surface area contributed by atoms with Crippen molar-refractivity contribution in [2.45, 2.75) is 0 Å². The highest BCUT2D eigenvalue weighted by molar-refractivity contribution is 7.25. The number of benzene rings is 4. The van der Waals surface area contributed by atoms with Crippen molar-refractivity contribution < 1.29 is 0 Å². The lowest BCUT2D eigenvalue weighted by molar-refractivity contribution is 1.18. The molecule has 3 nitrogen and oxygen atoms in total. The summed E-state index contributed by atoms with van der Waals surface area (Å²) in [6.45, 7) is 0. The van der Waals surface area contributed by atoms with Gasteiger partial charge < -0.3 is 9.55 Å². The number of aromatic nitrogens is 3. The number of nitrogens with one attached hydrogen (secondary N) is 1. The van der Waals surface area contributed by atoms with E-state index < -0.39 is 0 Å². The number of pyridine rings is 1. The maximum Gasteiger partial charge on any atom is 0.0963 e. The molecular formula is C29H17N3S. The Kier molecular flexibility index (Phi) is 3.28. The van der Waals surface area contributed by atoms with Gasteiger partial charge in [-0.05, 0) is 54.6 Å². The van der Waals surface area contributed by atoms with Crippen molar-refractivity contribution in [2.75, 3.05) is 0 Å². The molecule has 4 heterocycles. The van der Waals surface area contributed by atoms with Crippen molar-refractivity contribution in [3.63, 3.8) is 0 Å². The lowest BCUT2D eigenvalue weighted by Gasteiger charge is -2.08. The quantitative estimate of drug-likeness (QED) is 0.275.